The average molecular weight is 196 g/mol. The second-order valence-corrected chi connectivity index (χ2v) is 2.81. The van der Waals surface area contributed by atoms with Gasteiger partial charge in [-0.15, -0.1) is 0 Å². The molecule has 0 aliphatic carbocycles. The lowest BCUT2D eigenvalue weighted by Gasteiger charge is -1.97. The average Bonchev–Trinajstić information content (AvgIpc) is 2.47. The fraction of sp³-hybridized carbons (Fsp3) is 0.286. The highest BCUT2D eigenvalue weighted by Gasteiger charge is 2.07. The molecule has 2 heterocycles. The van der Waals surface area contributed by atoms with E-state index in [0.717, 1.165) is 4.57 Å². The van der Waals surface area contributed by atoms with Crippen LogP contribution in [0.25, 0.3) is 11.2 Å². The molecule has 2 aromatic heterocycles. The highest BCUT2D eigenvalue weighted by Crippen LogP contribution is 1.91. The lowest BCUT2D eigenvalue weighted by molar-refractivity contribution is 0.682. The van der Waals surface area contributed by atoms with Crippen LogP contribution < -0.4 is 16.9 Å². The number of hydrogen-bond donors (Lipinski definition) is 3. The summed E-state index contributed by atoms with van der Waals surface area (Å²) in [7, 11) is 0. The van der Waals surface area contributed by atoms with Gasteiger partial charge in [-0.1, -0.05) is 0 Å². The first-order chi connectivity index (χ1) is 6.63. The standard InChI is InChI=1S/C7H8N4O3/c1-2-11-5(12)3-4(10-7(11)14)9-6(13)8-3/h2H2,1H3,(H,10,14)(H2,8,9,13). The number of H-pyrrole nitrogens is 3. The van der Waals surface area contributed by atoms with Crippen molar-refractivity contribution in [3.63, 3.8) is 0 Å². The predicted octanol–water partition coefficient (Wildman–Crippen LogP) is -1.27. The quantitative estimate of drug-likeness (QED) is 0.529. The van der Waals surface area contributed by atoms with Crippen LogP contribution in [0, 0.1) is 0 Å². The van der Waals surface area contributed by atoms with E-state index in [2.05, 4.69) is 15.0 Å². The molecule has 0 saturated carbocycles. The number of imidazole rings is 1. The van der Waals surface area contributed by atoms with Gasteiger partial charge in [0.2, 0.25) is 0 Å². The SMILES string of the molecule is CCn1c(=O)[nH]c2[nH]c(=O)[nH]c2c1=O. The zero-order valence-corrected chi connectivity index (χ0v) is 7.38. The van der Waals surface area contributed by atoms with E-state index in [1.54, 1.807) is 6.92 Å². The van der Waals surface area contributed by atoms with Gasteiger partial charge in [0.15, 0.2) is 5.52 Å². The molecule has 0 radical (unpaired) electrons. The summed E-state index contributed by atoms with van der Waals surface area (Å²) in [5, 5.41) is 0. The Bertz CT molecular complexity index is 641. The molecule has 0 aliphatic heterocycles. The fourth-order valence-corrected chi connectivity index (χ4v) is 1.33. The van der Waals surface area contributed by atoms with Gasteiger partial charge >= 0.3 is 11.4 Å². The van der Waals surface area contributed by atoms with Gasteiger partial charge in [-0.05, 0) is 6.92 Å². The number of aromatic amines is 3. The van der Waals surface area contributed by atoms with Crippen molar-refractivity contribution < 1.29 is 0 Å². The van der Waals surface area contributed by atoms with Crippen LogP contribution >= 0.6 is 0 Å². The third-order valence-corrected chi connectivity index (χ3v) is 1.98. The first-order valence-corrected chi connectivity index (χ1v) is 4.08. The summed E-state index contributed by atoms with van der Waals surface area (Å²) in [4.78, 5) is 40.7. The van der Waals surface area contributed by atoms with Crippen molar-refractivity contribution in [2.45, 2.75) is 13.5 Å². The molecular weight excluding hydrogens is 188 g/mol. The van der Waals surface area contributed by atoms with Gasteiger partial charge in [0.25, 0.3) is 5.56 Å². The molecule has 0 bridgehead atoms. The van der Waals surface area contributed by atoms with E-state index in [4.69, 9.17) is 0 Å². The van der Waals surface area contributed by atoms with Crippen LogP contribution in [0.1, 0.15) is 6.92 Å². The number of hydrogen-bond acceptors (Lipinski definition) is 3. The normalized spacial score (nSPS) is 10.9. The van der Waals surface area contributed by atoms with Crippen LogP contribution in [0.4, 0.5) is 0 Å². The largest absolute Gasteiger partial charge is 0.330 e. The lowest BCUT2D eigenvalue weighted by atomic mass is 10.5. The topological polar surface area (TPSA) is 104 Å². The summed E-state index contributed by atoms with van der Waals surface area (Å²) < 4.78 is 1.01. The molecule has 7 heteroatoms. The maximum Gasteiger partial charge on any atom is 0.330 e. The van der Waals surface area contributed by atoms with E-state index < -0.39 is 16.9 Å². The maximum atomic E-state index is 11.5. The van der Waals surface area contributed by atoms with Crippen molar-refractivity contribution in [1.82, 2.24) is 19.5 Å². The first kappa shape index (κ1) is 8.54. The zero-order chi connectivity index (χ0) is 10.3. The maximum absolute atomic E-state index is 11.5. The Hall–Kier alpha value is -2.05. The van der Waals surface area contributed by atoms with Crippen molar-refractivity contribution in [3.8, 4) is 0 Å². The van der Waals surface area contributed by atoms with Crippen LogP contribution in [0.15, 0.2) is 14.4 Å². The lowest BCUT2D eigenvalue weighted by Crippen LogP contribution is -2.34. The van der Waals surface area contributed by atoms with Crippen molar-refractivity contribution in [3.05, 3.63) is 31.3 Å². The zero-order valence-electron chi connectivity index (χ0n) is 7.38. The van der Waals surface area contributed by atoms with Crippen LogP contribution in [-0.4, -0.2) is 19.5 Å². The molecule has 0 saturated heterocycles. The summed E-state index contributed by atoms with van der Waals surface area (Å²) in [6.07, 6.45) is 0. The van der Waals surface area contributed by atoms with Gasteiger partial charge in [0, 0.05) is 6.54 Å². The first-order valence-electron chi connectivity index (χ1n) is 4.08. The van der Waals surface area contributed by atoms with E-state index in [1.807, 2.05) is 0 Å². The molecular formula is C7H8N4O3. The number of nitrogens with one attached hydrogen (secondary N) is 3. The Morgan fingerprint density at radius 2 is 1.86 bits per heavy atom. The molecule has 0 amide bonds. The Kier molecular flexibility index (Phi) is 1.66. The molecule has 0 spiro atoms. The Morgan fingerprint density at radius 3 is 2.50 bits per heavy atom. The third-order valence-electron chi connectivity index (χ3n) is 1.98. The Morgan fingerprint density at radius 1 is 1.14 bits per heavy atom. The highest BCUT2D eigenvalue weighted by atomic mass is 16.2. The Labute approximate surface area is 76.4 Å². The molecule has 7 nitrogen and oxygen atoms in total. The molecule has 0 fully saturated rings. The number of fused-ring (bicyclic) bond motifs is 1. The van der Waals surface area contributed by atoms with E-state index in [1.165, 1.54) is 0 Å². The van der Waals surface area contributed by atoms with Crippen molar-refractivity contribution >= 4 is 11.2 Å². The van der Waals surface area contributed by atoms with Crippen molar-refractivity contribution in [2.24, 2.45) is 0 Å². The minimum Gasteiger partial charge on any atom is -0.300 e. The summed E-state index contributed by atoms with van der Waals surface area (Å²) in [6.45, 7) is 1.94. The van der Waals surface area contributed by atoms with E-state index in [-0.39, 0.29) is 17.7 Å². The minimum atomic E-state index is -0.528. The molecule has 0 aromatic carbocycles. The summed E-state index contributed by atoms with van der Waals surface area (Å²) in [5.41, 5.74) is -1.31. The third kappa shape index (κ3) is 1.02. The second kappa shape index (κ2) is 2.72. The second-order valence-electron chi connectivity index (χ2n) is 2.81. The predicted molar refractivity (Wildman–Crippen MR) is 49.5 cm³/mol. The number of rotatable bonds is 1. The molecule has 14 heavy (non-hydrogen) atoms. The van der Waals surface area contributed by atoms with Crippen LogP contribution in [0.2, 0.25) is 0 Å². The molecule has 0 aliphatic rings. The van der Waals surface area contributed by atoms with Crippen molar-refractivity contribution in [2.75, 3.05) is 0 Å². The van der Waals surface area contributed by atoms with Gasteiger partial charge in [-0.2, -0.15) is 0 Å². The van der Waals surface area contributed by atoms with Crippen LogP contribution in [-0.2, 0) is 6.54 Å². The summed E-state index contributed by atoms with van der Waals surface area (Å²) in [6, 6.07) is 0. The molecule has 2 aromatic rings. The van der Waals surface area contributed by atoms with E-state index in [0.29, 0.717) is 0 Å². The number of nitrogens with zero attached hydrogens (tertiary/aromatic N) is 1. The van der Waals surface area contributed by atoms with Crippen LogP contribution in [0.5, 0.6) is 0 Å². The van der Waals surface area contributed by atoms with E-state index >= 15 is 0 Å². The Balaban J connectivity index is 3.07. The fourth-order valence-electron chi connectivity index (χ4n) is 1.33. The van der Waals surface area contributed by atoms with Crippen molar-refractivity contribution in [1.29, 1.82) is 0 Å². The van der Waals surface area contributed by atoms with Gasteiger partial charge < -0.3 is 0 Å². The van der Waals surface area contributed by atoms with Gasteiger partial charge in [-0.3, -0.25) is 24.3 Å². The monoisotopic (exact) mass is 196 g/mol. The van der Waals surface area contributed by atoms with E-state index in [9.17, 15) is 14.4 Å². The smallest absolute Gasteiger partial charge is 0.300 e. The van der Waals surface area contributed by atoms with Gasteiger partial charge in [0.05, 0.1) is 0 Å². The summed E-state index contributed by atoms with van der Waals surface area (Å²) >= 11 is 0. The molecule has 0 unspecified atom stereocenters. The number of aromatic nitrogens is 4. The minimum absolute atomic E-state index is 0.0939. The van der Waals surface area contributed by atoms with Gasteiger partial charge in [0.1, 0.15) is 5.65 Å². The molecule has 2 rings (SSSR count). The van der Waals surface area contributed by atoms with Gasteiger partial charge in [-0.25, -0.2) is 9.59 Å². The van der Waals surface area contributed by atoms with Crippen LogP contribution in [0.3, 0.4) is 0 Å². The summed E-state index contributed by atoms with van der Waals surface area (Å²) in [5.74, 6) is 0. The molecule has 3 N–H and O–H groups in total. The molecule has 0 atom stereocenters. The molecule has 74 valence electrons. The highest BCUT2D eigenvalue weighted by molar-refractivity contribution is 5.67.